The van der Waals surface area contributed by atoms with Gasteiger partial charge in [-0.3, -0.25) is 19.7 Å². The summed E-state index contributed by atoms with van der Waals surface area (Å²) in [6, 6.07) is 11.0. The summed E-state index contributed by atoms with van der Waals surface area (Å²) in [6.07, 6.45) is 0. The summed E-state index contributed by atoms with van der Waals surface area (Å²) in [5, 5.41) is 16.3. The number of benzene rings is 2. The van der Waals surface area contributed by atoms with E-state index in [-0.39, 0.29) is 23.7 Å². The number of nitro groups is 1. The quantitative estimate of drug-likeness (QED) is 0.582. The Bertz CT molecular complexity index is 818. The zero-order chi connectivity index (χ0) is 19.1. The summed E-state index contributed by atoms with van der Waals surface area (Å²) in [7, 11) is 3.03. The Morgan fingerprint density at radius 1 is 1.08 bits per heavy atom. The maximum absolute atomic E-state index is 12.2. The third kappa shape index (κ3) is 4.64. The summed E-state index contributed by atoms with van der Waals surface area (Å²) < 4.78 is 5.01. The van der Waals surface area contributed by atoms with E-state index in [0.29, 0.717) is 17.7 Å². The van der Waals surface area contributed by atoms with Crippen LogP contribution in [0.2, 0.25) is 0 Å². The van der Waals surface area contributed by atoms with E-state index in [4.69, 9.17) is 4.74 Å². The zero-order valence-electron chi connectivity index (χ0n) is 14.4. The molecule has 0 aliphatic rings. The van der Waals surface area contributed by atoms with Crippen LogP contribution in [0, 0.1) is 10.1 Å². The lowest BCUT2D eigenvalue weighted by Gasteiger charge is -2.08. The predicted octanol–water partition coefficient (Wildman–Crippen LogP) is 2.03. The molecule has 0 atom stereocenters. The average molecular weight is 357 g/mol. The molecule has 2 amide bonds. The molecule has 2 aromatic rings. The number of nitrogens with zero attached hydrogens (tertiary/aromatic N) is 1. The van der Waals surface area contributed by atoms with Gasteiger partial charge >= 0.3 is 0 Å². The minimum Gasteiger partial charge on any atom is -0.380 e. The fourth-order valence-corrected chi connectivity index (χ4v) is 2.37. The molecular formula is C18H19N3O5. The number of hydrogen-bond donors (Lipinski definition) is 2. The van der Waals surface area contributed by atoms with Crippen LogP contribution in [0.15, 0.2) is 42.5 Å². The van der Waals surface area contributed by atoms with Crippen molar-refractivity contribution in [1.82, 2.24) is 10.6 Å². The fraction of sp³-hybridized carbons (Fsp3) is 0.222. The molecule has 0 spiro atoms. The summed E-state index contributed by atoms with van der Waals surface area (Å²) in [5.41, 5.74) is 1.65. The van der Waals surface area contributed by atoms with E-state index in [1.165, 1.54) is 25.2 Å². The highest BCUT2D eigenvalue weighted by atomic mass is 16.6. The minimum atomic E-state index is -0.576. The fourth-order valence-electron chi connectivity index (χ4n) is 2.37. The highest BCUT2D eigenvalue weighted by Crippen LogP contribution is 2.20. The maximum atomic E-state index is 12.2. The van der Waals surface area contributed by atoms with Gasteiger partial charge in [-0.1, -0.05) is 12.1 Å². The van der Waals surface area contributed by atoms with Crippen molar-refractivity contribution in [3.05, 3.63) is 74.8 Å². The van der Waals surface area contributed by atoms with Crippen molar-refractivity contribution < 1.29 is 19.2 Å². The van der Waals surface area contributed by atoms with Crippen molar-refractivity contribution in [3.8, 4) is 0 Å². The van der Waals surface area contributed by atoms with Crippen LogP contribution >= 0.6 is 0 Å². The van der Waals surface area contributed by atoms with Crippen molar-refractivity contribution in [2.45, 2.75) is 13.2 Å². The highest BCUT2D eigenvalue weighted by molar-refractivity contribution is 5.95. The van der Waals surface area contributed by atoms with Gasteiger partial charge in [-0.25, -0.2) is 0 Å². The Hall–Kier alpha value is -3.26. The normalized spacial score (nSPS) is 10.2. The van der Waals surface area contributed by atoms with E-state index in [1.807, 2.05) is 0 Å². The van der Waals surface area contributed by atoms with Gasteiger partial charge in [-0.05, 0) is 29.8 Å². The van der Waals surface area contributed by atoms with Gasteiger partial charge in [0, 0.05) is 43.5 Å². The van der Waals surface area contributed by atoms with Gasteiger partial charge in [-0.2, -0.15) is 0 Å². The highest BCUT2D eigenvalue weighted by Gasteiger charge is 2.18. The Morgan fingerprint density at radius 2 is 1.73 bits per heavy atom. The largest absolute Gasteiger partial charge is 0.380 e. The number of nitrogens with one attached hydrogen (secondary N) is 2. The molecule has 0 aliphatic carbocycles. The number of carbonyl (C=O) groups excluding carboxylic acids is 2. The van der Waals surface area contributed by atoms with Gasteiger partial charge in [0.25, 0.3) is 17.5 Å². The lowest BCUT2D eigenvalue weighted by molar-refractivity contribution is -0.385. The van der Waals surface area contributed by atoms with Gasteiger partial charge in [0.05, 0.1) is 11.5 Å². The second kappa shape index (κ2) is 8.72. The van der Waals surface area contributed by atoms with Gasteiger partial charge < -0.3 is 15.4 Å². The lowest BCUT2D eigenvalue weighted by atomic mass is 10.1. The molecule has 2 aromatic carbocycles. The van der Waals surface area contributed by atoms with E-state index in [1.54, 1.807) is 31.4 Å². The number of nitro benzene ring substituents is 1. The van der Waals surface area contributed by atoms with Gasteiger partial charge in [-0.15, -0.1) is 0 Å². The first-order valence-corrected chi connectivity index (χ1v) is 7.81. The van der Waals surface area contributed by atoms with Crippen LogP contribution in [-0.4, -0.2) is 30.9 Å². The first-order chi connectivity index (χ1) is 12.5. The number of rotatable bonds is 7. The Kier molecular flexibility index (Phi) is 6.40. The van der Waals surface area contributed by atoms with Crippen LogP contribution in [0.25, 0.3) is 0 Å². The van der Waals surface area contributed by atoms with E-state index in [9.17, 15) is 19.7 Å². The first-order valence-electron chi connectivity index (χ1n) is 7.81. The topological polar surface area (TPSA) is 111 Å². The minimum absolute atomic E-state index is 0.0248. The molecule has 2 N–H and O–H groups in total. The van der Waals surface area contributed by atoms with E-state index in [2.05, 4.69) is 10.6 Å². The zero-order valence-corrected chi connectivity index (χ0v) is 14.4. The second-order valence-electron chi connectivity index (χ2n) is 5.49. The molecule has 0 heterocycles. The van der Waals surface area contributed by atoms with Crippen LogP contribution in [0.5, 0.6) is 0 Å². The molecule has 2 rings (SSSR count). The smallest absolute Gasteiger partial charge is 0.275 e. The van der Waals surface area contributed by atoms with Crippen LogP contribution in [0.1, 0.15) is 31.8 Å². The summed E-state index contributed by atoms with van der Waals surface area (Å²) in [4.78, 5) is 34.5. The molecule has 8 nitrogen and oxygen atoms in total. The molecule has 0 saturated carbocycles. The van der Waals surface area contributed by atoms with Gasteiger partial charge in [0.2, 0.25) is 0 Å². The van der Waals surface area contributed by atoms with Crippen molar-refractivity contribution in [2.24, 2.45) is 0 Å². The molecule has 0 aromatic heterocycles. The summed E-state index contributed by atoms with van der Waals surface area (Å²) in [6.45, 7) is 0.425. The molecule has 0 bridgehead atoms. The first kappa shape index (κ1) is 19.1. The SMILES string of the molecule is CNC(=O)c1ccc(CNC(=O)c2ccc(COC)cc2)c([N+](=O)[O-])c1. The molecular weight excluding hydrogens is 338 g/mol. The molecule has 0 radical (unpaired) electrons. The number of amides is 2. The molecule has 0 saturated heterocycles. The van der Waals surface area contributed by atoms with Crippen LogP contribution < -0.4 is 10.6 Å². The van der Waals surface area contributed by atoms with Crippen molar-refractivity contribution in [2.75, 3.05) is 14.2 Å². The van der Waals surface area contributed by atoms with Crippen LogP contribution in [0.3, 0.4) is 0 Å². The van der Waals surface area contributed by atoms with E-state index >= 15 is 0 Å². The third-order valence-electron chi connectivity index (χ3n) is 3.74. The maximum Gasteiger partial charge on any atom is 0.275 e. The van der Waals surface area contributed by atoms with Crippen LogP contribution in [-0.2, 0) is 17.9 Å². The van der Waals surface area contributed by atoms with Crippen molar-refractivity contribution in [3.63, 3.8) is 0 Å². The predicted molar refractivity (Wildman–Crippen MR) is 94.8 cm³/mol. The standard InChI is InChI=1S/C18H19N3O5/c1-19-17(22)14-7-8-15(16(9-14)21(24)25)10-20-18(23)13-5-3-12(4-6-13)11-26-2/h3-9H,10-11H2,1-2H3,(H,19,22)(H,20,23). The van der Waals surface area contributed by atoms with E-state index < -0.39 is 10.8 Å². The Labute approximate surface area is 150 Å². The van der Waals surface area contributed by atoms with Gasteiger partial charge in [0.1, 0.15) is 0 Å². The number of hydrogen-bond acceptors (Lipinski definition) is 5. The molecule has 8 heteroatoms. The molecule has 136 valence electrons. The molecule has 0 fully saturated rings. The van der Waals surface area contributed by atoms with Crippen LogP contribution in [0.4, 0.5) is 5.69 Å². The van der Waals surface area contributed by atoms with Crippen molar-refractivity contribution in [1.29, 1.82) is 0 Å². The number of ether oxygens (including phenoxy) is 1. The van der Waals surface area contributed by atoms with Gasteiger partial charge in [0.15, 0.2) is 0 Å². The molecule has 0 unspecified atom stereocenters. The summed E-state index contributed by atoms with van der Waals surface area (Å²) in [5.74, 6) is -0.765. The number of methoxy groups -OCH3 is 1. The lowest BCUT2D eigenvalue weighted by Crippen LogP contribution is -2.23. The monoisotopic (exact) mass is 357 g/mol. The number of carbonyl (C=O) groups is 2. The molecule has 0 aliphatic heterocycles. The summed E-state index contributed by atoms with van der Waals surface area (Å²) >= 11 is 0. The Morgan fingerprint density at radius 3 is 2.31 bits per heavy atom. The average Bonchev–Trinajstić information content (AvgIpc) is 2.66. The van der Waals surface area contributed by atoms with E-state index in [0.717, 1.165) is 5.56 Å². The third-order valence-corrected chi connectivity index (χ3v) is 3.74. The molecule has 26 heavy (non-hydrogen) atoms. The van der Waals surface area contributed by atoms with Crippen molar-refractivity contribution >= 4 is 17.5 Å². The second-order valence-corrected chi connectivity index (χ2v) is 5.49. The Balaban J connectivity index is 2.11.